The maximum absolute atomic E-state index is 10.7. The third-order valence-electron chi connectivity index (χ3n) is 2.88. The summed E-state index contributed by atoms with van der Waals surface area (Å²) in [7, 11) is 1.41. The van der Waals surface area contributed by atoms with E-state index in [4.69, 9.17) is 14.7 Å². The SMILES string of the molecule is COc1cc([N+](=O)[O-])ccc1OCc1ccccc1C#N. The van der Waals surface area contributed by atoms with Crippen LogP contribution in [0.15, 0.2) is 42.5 Å². The lowest BCUT2D eigenvalue weighted by molar-refractivity contribution is -0.385. The molecule has 0 radical (unpaired) electrons. The van der Waals surface area contributed by atoms with Crippen LogP contribution in [-0.2, 0) is 6.61 Å². The zero-order valence-electron chi connectivity index (χ0n) is 11.3. The van der Waals surface area contributed by atoms with Gasteiger partial charge < -0.3 is 9.47 Å². The van der Waals surface area contributed by atoms with Crippen LogP contribution in [-0.4, -0.2) is 12.0 Å². The number of hydrogen-bond acceptors (Lipinski definition) is 5. The Labute approximate surface area is 121 Å². The highest BCUT2D eigenvalue weighted by Crippen LogP contribution is 2.31. The van der Waals surface area contributed by atoms with Crippen LogP contribution >= 0.6 is 0 Å². The minimum absolute atomic E-state index is 0.0726. The number of benzene rings is 2. The summed E-state index contributed by atoms with van der Waals surface area (Å²) < 4.78 is 10.7. The number of nitriles is 1. The van der Waals surface area contributed by atoms with Crippen LogP contribution in [0, 0.1) is 21.4 Å². The van der Waals surface area contributed by atoms with Gasteiger partial charge in [-0.2, -0.15) is 5.26 Å². The van der Waals surface area contributed by atoms with Gasteiger partial charge in [-0.3, -0.25) is 10.1 Å². The molecule has 0 aliphatic rings. The van der Waals surface area contributed by atoms with E-state index in [0.717, 1.165) is 5.56 Å². The molecule has 106 valence electrons. The summed E-state index contributed by atoms with van der Waals surface area (Å²) >= 11 is 0. The van der Waals surface area contributed by atoms with E-state index < -0.39 is 4.92 Å². The molecule has 21 heavy (non-hydrogen) atoms. The van der Waals surface area contributed by atoms with Crippen molar-refractivity contribution in [3.05, 3.63) is 63.7 Å². The predicted octanol–water partition coefficient (Wildman–Crippen LogP) is 3.05. The second-order valence-corrected chi connectivity index (χ2v) is 4.15. The normalized spacial score (nSPS) is 9.71. The Morgan fingerprint density at radius 3 is 2.67 bits per heavy atom. The van der Waals surface area contributed by atoms with Gasteiger partial charge in [0.15, 0.2) is 11.5 Å². The fourth-order valence-electron chi connectivity index (χ4n) is 1.80. The summed E-state index contributed by atoms with van der Waals surface area (Å²) in [6, 6.07) is 13.3. The summed E-state index contributed by atoms with van der Waals surface area (Å²) in [6.07, 6.45) is 0. The molecule has 0 aromatic heterocycles. The highest BCUT2D eigenvalue weighted by atomic mass is 16.6. The molecule has 2 rings (SSSR count). The molecule has 0 amide bonds. The van der Waals surface area contributed by atoms with Crippen molar-refractivity contribution >= 4 is 5.69 Å². The Balaban J connectivity index is 2.20. The Bertz CT molecular complexity index is 707. The third kappa shape index (κ3) is 3.28. The second-order valence-electron chi connectivity index (χ2n) is 4.15. The van der Waals surface area contributed by atoms with Crippen LogP contribution in [0.3, 0.4) is 0 Å². The van der Waals surface area contributed by atoms with Gasteiger partial charge in [-0.1, -0.05) is 18.2 Å². The molecule has 2 aromatic rings. The van der Waals surface area contributed by atoms with E-state index in [9.17, 15) is 10.1 Å². The van der Waals surface area contributed by atoms with Crippen LogP contribution < -0.4 is 9.47 Å². The largest absolute Gasteiger partial charge is 0.493 e. The van der Waals surface area contributed by atoms with Crippen molar-refractivity contribution in [2.75, 3.05) is 7.11 Å². The Morgan fingerprint density at radius 2 is 2.00 bits per heavy atom. The summed E-state index contributed by atoms with van der Waals surface area (Å²) in [5.74, 6) is 0.662. The predicted molar refractivity (Wildman–Crippen MR) is 75.1 cm³/mol. The van der Waals surface area contributed by atoms with Gasteiger partial charge in [-0.15, -0.1) is 0 Å². The molecule has 0 aliphatic carbocycles. The van der Waals surface area contributed by atoms with Gasteiger partial charge in [0, 0.05) is 11.6 Å². The molecule has 0 N–H and O–H groups in total. The van der Waals surface area contributed by atoms with E-state index in [1.807, 2.05) is 6.07 Å². The summed E-state index contributed by atoms with van der Waals surface area (Å²) in [5, 5.41) is 19.7. The maximum Gasteiger partial charge on any atom is 0.273 e. The van der Waals surface area contributed by atoms with Crippen molar-refractivity contribution < 1.29 is 14.4 Å². The van der Waals surface area contributed by atoms with Crippen molar-refractivity contribution in [3.63, 3.8) is 0 Å². The van der Waals surface area contributed by atoms with Crippen molar-refractivity contribution in [1.82, 2.24) is 0 Å². The highest BCUT2D eigenvalue weighted by Gasteiger charge is 2.12. The quantitative estimate of drug-likeness (QED) is 0.622. The highest BCUT2D eigenvalue weighted by molar-refractivity contribution is 5.48. The molecule has 0 aliphatic heterocycles. The number of ether oxygens (including phenoxy) is 2. The maximum atomic E-state index is 10.7. The lowest BCUT2D eigenvalue weighted by Gasteiger charge is -2.11. The number of rotatable bonds is 5. The molecule has 0 unspecified atom stereocenters. The lowest BCUT2D eigenvalue weighted by atomic mass is 10.1. The number of methoxy groups -OCH3 is 1. The summed E-state index contributed by atoms with van der Waals surface area (Å²) in [6.45, 7) is 0.178. The van der Waals surface area contributed by atoms with Gasteiger partial charge >= 0.3 is 0 Å². The molecule has 0 atom stereocenters. The minimum Gasteiger partial charge on any atom is -0.493 e. The fourth-order valence-corrected chi connectivity index (χ4v) is 1.80. The molecule has 6 nitrogen and oxygen atoms in total. The van der Waals surface area contributed by atoms with Crippen LogP contribution in [0.4, 0.5) is 5.69 Å². The first-order chi connectivity index (χ1) is 10.2. The van der Waals surface area contributed by atoms with E-state index in [-0.39, 0.29) is 18.0 Å². The average Bonchev–Trinajstić information content (AvgIpc) is 2.52. The molecule has 0 bridgehead atoms. The smallest absolute Gasteiger partial charge is 0.273 e. The summed E-state index contributed by atoms with van der Waals surface area (Å²) in [5.41, 5.74) is 1.19. The van der Waals surface area contributed by atoms with Gasteiger partial charge in [0.1, 0.15) is 6.61 Å². The standard InChI is InChI=1S/C15H12N2O4/c1-20-15-8-13(17(18)19)6-7-14(15)21-10-12-5-3-2-4-11(12)9-16/h2-8H,10H2,1H3. The first kappa shape index (κ1) is 14.3. The van der Waals surface area contributed by atoms with Crippen LogP contribution in [0.5, 0.6) is 11.5 Å². The number of nitro groups is 1. The fraction of sp³-hybridized carbons (Fsp3) is 0.133. The van der Waals surface area contributed by atoms with E-state index >= 15 is 0 Å². The zero-order valence-corrected chi connectivity index (χ0v) is 11.3. The minimum atomic E-state index is -0.503. The van der Waals surface area contributed by atoms with Crippen molar-refractivity contribution in [2.24, 2.45) is 0 Å². The Kier molecular flexibility index (Phi) is 4.36. The van der Waals surface area contributed by atoms with Gasteiger partial charge in [-0.05, 0) is 12.1 Å². The van der Waals surface area contributed by atoms with Crippen molar-refractivity contribution in [1.29, 1.82) is 5.26 Å². The molecule has 0 saturated heterocycles. The molecule has 0 saturated carbocycles. The zero-order chi connectivity index (χ0) is 15.2. The van der Waals surface area contributed by atoms with Crippen molar-refractivity contribution in [2.45, 2.75) is 6.61 Å². The molecule has 0 heterocycles. The average molecular weight is 284 g/mol. The molecule has 6 heteroatoms. The number of nitrogens with zero attached hydrogens (tertiary/aromatic N) is 2. The van der Waals surface area contributed by atoms with E-state index in [0.29, 0.717) is 11.3 Å². The monoisotopic (exact) mass is 284 g/mol. The lowest BCUT2D eigenvalue weighted by Crippen LogP contribution is -2.00. The van der Waals surface area contributed by atoms with Crippen LogP contribution in [0.2, 0.25) is 0 Å². The molecular weight excluding hydrogens is 272 g/mol. The van der Waals surface area contributed by atoms with E-state index in [1.54, 1.807) is 18.2 Å². The molecule has 0 fully saturated rings. The Hall–Kier alpha value is -3.07. The number of hydrogen-bond donors (Lipinski definition) is 0. The van der Waals surface area contributed by atoms with E-state index in [2.05, 4.69) is 6.07 Å². The first-order valence-electron chi connectivity index (χ1n) is 6.09. The topological polar surface area (TPSA) is 85.4 Å². The number of nitro benzene ring substituents is 1. The van der Waals surface area contributed by atoms with Gasteiger partial charge in [0.2, 0.25) is 0 Å². The molecule has 0 spiro atoms. The van der Waals surface area contributed by atoms with Crippen LogP contribution in [0.1, 0.15) is 11.1 Å². The van der Waals surface area contributed by atoms with Gasteiger partial charge in [-0.25, -0.2) is 0 Å². The Morgan fingerprint density at radius 1 is 1.24 bits per heavy atom. The van der Waals surface area contributed by atoms with Crippen LogP contribution in [0.25, 0.3) is 0 Å². The number of non-ortho nitro benzene ring substituents is 1. The molecular formula is C15H12N2O4. The summed E-state index contributed by atoms with van der Waals surface area (Å²) in [4.78, 5) is 10.2. The van der Waals surface area contributed by atoms with Crippen molar-refractivity contribution in [3.8, 4) is 17.6 Å². The van der Waals surface area contributed by atoms with Gasteiger partial charge in [0.25, 0.3) is 5.69 Å². The molecule has 2 aromatic carbocycles. The third-order valence-corrected chi connectivity index (χ3v) is 2.88. The van der Waals surface area contributed by atoms with Gasteiger partial charge in [0.05, 0.1) is 29.7 Å². The van der Waals surface area contributed by atoms with E-state index in [1.165, 1.54) is 25.3 Å². The second kappa shape index (κ2) is 6.39. The first-order valence-corrected chi connectivity index (χ1v) is 6.09.